The Morgan fingerprint density at radius 3 is 2.80 bits per heavy atom. The topological polar surface area (TPSA) is 80.0 Å². The standard InChI is InChI=1S/C15H24N4O/c1-4-11-5-6-13(10(11)3)18-15(20)12-7-9(2)17-14(8-12)19-16/h7-8,10-11,13H,4-6,16H2,1-3H3,(H,17,19)(H,18,20). The third-order valence-electron chi connectivity index (χ3n) is 4.43. The Morgan fingerprint density at radius 2 is 2.20 bits per heavy atom. The minimum atomic E-state index is -0.0411. The Bertz CT molecular complexity index is 489. The van der Waals surface area contributed by atoms with E-state index in [9.17, 15) is 4.79 Å². The Hall–Kier alpha value is -1.62. The first-order valence-electron chi connectivity index (χ1n) is 7.31. The van der Waals surface area contributed by atoms with E-state index in [-0.39, 0.29) is 11.9 Å². The molecule has 2 rings (SSSR count). The van der Waals surface area contributed by atoms with Crippen LogP contribution in [0.15, 0.2) is 12.1 Å². The van der Waals surface area contributed by atoms with Crippen molar-refractivity contribution in [3.63, 3.8) is 0 Å². The maximum absolute atomic E-state index is 12.4. The number of hydrogen-bond acceptors (Lipinski definition) is 4. The molecule has 110 valence electrons. The first kappa shape index (κ1) is 14.8. The average molecular weight is 276 g/mol. The van der Waals surface area contributed by atoms with E-state index >= 15 is 0 Å². The number of pyridine rings is 1. The molecular weight excluding hydrogens is 252 g/mol. The summed E-state index contributed by atoms with van der Waals surface area (Å²) in [5.74, 6) is 7.10. The first-order valence-corrected chi connectivity index (χ1v) is 7.31. The summed E-state index contributed by atoms with van der Waals surface area (Å²) in [4.78, 5) is 16.5. The predicted octanol–water partition coefficient (Wildman–Crippen LogP) is 2.23. The van der Waals surface area contributed by atoms with E-state index in [2.05, 4.69) is 29.6 Å². The largest absolute Gasteiger partial charge is 0.349 e. The predicted molar refractivity (Wildman–Crippen MR) is 80.2 cm³/mol. The number of amides is 1. The van der Waals surface area contributed by atoms with Crippen LogP contribution in [0.5, 0.6) is 0 Å². The normalized spacial score (nSPS) is 25.5. The quantitative estimate of drug-likeness (QED) is 0.582. The van der Waals surface area contributed by atoms with Gasteiger partial charge in [-0.05, 0) is 43.7 Å². The molecule has 0 bridgehead atoms. The summed E-state index contributed by atoms with van der Waals surface area (Å²) in [6.45, 7) is 6.30. The van der Waals surface area contributed by atoms with Crippen LogP contribution >= 0.6 is 0 Å². The Balaban J connectivity index is 2.07. The van der Waals surface area contributed by atoms with Crippen LogP contribution < -0.4 is 16.6 Å². The molecule has 1 aromatic rings. The van der Waals surface area contributed by atoms with Crippen LogP contribution in [0, 0.1) is 18.8 Å². The zero-order chi connectivity index (χ0) is 14.7. The molecule has 1 aliphatic rings. The van der Waals surface area contributed by atoms with Gasteiger partial charge >= 0.3 is 0 Å². The van der Waals surface area contributed by atoms with Gasteiger partial charge in [-0.15, -0.1) is 0 Å². The van der Waals surface area contributed by atoms with E-state index < -0.39 is 0 Å². The van der Waals surface area contributed by atoms with Gasteiger partial charge in [-0.25, -0.2) is 10.8 Å². The van der Waals surface area contributed by atoms with Crippen LogP contribution in [0.25, 0.3) is 0 Å². The van der Waals surface area contributed by atoms with Crippen molar-refractivity contribution in [2.75, 3.05) is 5.43 Å². The molecule has 0 aliphatic heterocycles. The SMILES string of the molecule is CCC1CCC(NC(=O)c2cc(C)nc(NN)c2)C1C. The lowest BCUT2D eigenvalue weighted by Crippen LogP contribution is -2.37. The number of nitrogens with one attached hydrogen (secondary N) is 2. The molecule has 0 saturated heterocycles. The van der Waals surface area contributed by atoms with Gasteiger partial charge in [0.15, 0.2) is 0 Å². The second kappa shape index (κ2) is 6.22. The molecule has 3 atom stereocenters. The van der Waals surface area contributed by atoms with E-state index in [1.807, 2.05) is 6.92 Å². The van der Waals surface area contributed by atoms with Gasteiger partial charge < -0.3 is 10.7 Å². The van der Waals surface area contributed by atoms with Crippen molar-refractivity contribution in [3.8, 4) is 0 Å². The van der Waals surface area contributed by atoms with Crippen LogP contribution in [0.3, 0.4) is 0 Å². The molecule has 1 heterocycles. The number of rotatable bonds is 4. The summed E-state index contributed by atoms with van der Waals surface area (Å²) >= 11 is 0. The van der Waals surface area contributed by atoms with Crippen molar-refractivity contribution in [1.29, 1.82) is 0 Å². The fraction of sp³-hybridized carbons (Fsp3) is 0.600. The molecule has 0 spiro atoms. The summed E-state index contributed by atoms with van der Waals surface area (Å²) in [7, 11) is 0. The second-order valence-corrected chi connectivity index (χ2v) is 5.71. The van der Waals surface area contributed by atoms with Crippen molar-refractivity contribution in [3.05, 3.63) is 23.4 Å². The summed E-state index contributed by atoms with van der Waals surface area (Å²) in [6.07, 6.45) is 3.45. The molecule has 1 saturated carbocycles. The molecule has 0 aromatic carbocycles. The van der Waals surface area contributed by atoms with E-state index in [1.54, 1.807) is 12.1 Å². The lowest BCUT2D eigenvalue weighted by Gasteiger charge is -2.21. The van der Waals surface area contributed by atoms with Gasteiger partial charge in [-0.3, -0.25) is 4.79 Å². The molecule has 1 aliphatic carbocycles. The summed E-state index contributed by atoms with van der Waals surface area (Å²) in [6, 6.07) is 3.74. The fourth-order valence-corrected chi connectivity index (χ4v) is 3.15. The number of nitrogen functional groups attached to an aromatic ring is 1. The van der Waals surface area contributed by atoms with E-state index in [1.165, 1.54) is 12.8 Å². The number of hydrogen-bond donors (Lipinski definition) is 3. The van der Waals surface area contributed by atoms with E-state index in [4.69, 9.17) is 5.84 Å². The van der Waals surface area contributed by atoms with Crippen LogP contribution in [0.4, 0.5) is 5.82 Å². The fourth-order valence-electron chi connectivity index (χ4n) is 3.15. The summed E-state index contributed by atoms with van der Waals surface area (Å²) < 4.78 is 0. The molecule has 3 unspecified atom stereocenters. The van der Waals surface area contributed by atoms with E-state index in [0.717, 1.165) is 18.0 Å². The van der Waals surface area contributed by atoms with Crippen molar-refractivity contribution < 1.29 is 4.79 Å². The third kappa shape index (κ3) is 3.10. The molecular formula is C15H24N4O. The highest BCUT2D eigenvalue weighted by Crippen LogP contribution is 2.34. The lowest BCUT2D eigenvalue weighted by atomic mass is 9.93. The molecule has 1 amide bonds. The first-order chi connectivity index (χ1) is 9.55. The Kier molecular flexibility index (Phi) is 4.60. The molecule has 20 heavy (non-hydrogen) atoms. The minimum Gasteiger partial charge on any atom is -0.349 e. The van der Waals surface area contributed by atoms with Crippen LogP contribution in [-0.2, 0) is 0 Å². The van der Waals surface area contributed by atoms with Crippen molar-refractivity contribution >= 4 is 11.7 Å². The molecule has 0 radical (unpaired) electrons. The van der Waals surface area contributed by atoms with Crippen LogP contribution in [0.2, 0.25) is 0 Å². The average Bonchev–Trinajstić information content (AvgIpc) is 2.78. The number of carbonyl (C=O) groups excluding carboxylic acids is 1. The number of aromatic nitrogens is 1. The monoisotopic (exact) mass is 276 g/mol. The van der Waals surface area contributed by atoms with Gasteiger partial charge in [0.1, 0.15) is 5.82 Å². The second-order valence-electron chi connectivity index (χ2n) is 5.71. The van der Waals surface area contributed by atoms with Gasteiger partial charge in [-0.1, -0.05) is 20.3 Å². The Labute approximate surface area is 120 Å². The van der Waals surface area contributed by atoms with Crippen LogP contribution in [0.1, 0.15) is 49.2 Å². The highest BCUT2D eigenvalue weighted by Gasteiger charge is 2.32. The van der Waals surface area contributed by atoms with Gasteiger partial charge in [0.05, 0.1) is 0 Å². The molecule has 4 N–H and O–H groups in total. The number of aryl methyl sites for hydroxylation is 1. The third-order valence-corrected chi connectivity index (χ3v) is 4.43. The number of carbonyl (C=O) groups is 1. The smallest absolute Gasteiger partial charge is 0.251 e. The molecule has 1 aromatic heterocycles. The number of anilines is 1. The number of nitrogens with zero attached hydrogens (tertiary/aromatic N) is 1. The van der Waals surface area contributed by atoms with Gasteiger partial charge in [-0.2, -0.15) is 0 Å². The molecule has 1 fully saturated rings. The minimum absolute atomic E-state index is 0.0411. The van der Waals surface area contributed by atoms with Crippen LogP contribution in [-0.4, -0.2) is 16.9 Å². The zero-order valence-corrected chi connectivity index (χ0v) is 12.4. The van der Waals surface area contributed by atoms with Gasteiger partial charge in [0.25, 0.3) is 5.91 Å². The lowest BCUT2D eigenvalue weighted by molar-refractivity contribution is 0.0926. The van der Waals surface area contributed by atoms with E-state index in [0.29, 0.717) is 17.3 Å². The van der Waals surface area contributed by atoms with Crippen molar-refractivity contribution in [1.82, 2.24) is 10.3 Å². The zero-order valence-electron chi connectivity index (χ0n) is 12.4. The number of hydrazine groups is 1. The summed E-state index contributed by atoms with van der Waals surface area (Å²) in [5.41, 5.74) is 3.87. The molecule has 5 heteroatoms. The van der Waals surface area contributed by atoms with Gasteiger partial charge in [0, 0.05) is 17.3 Å². The summed E-state index contributed by atoms with van der Waals surface area (Å²) in [5, 5.41) is 3.15. The van der Waals surface area contributed by atoms with Crippen molar-refractivity contribution in [2.45, 2.75) is 46.1 Å². The maximum atomic E-state index is 12.4. The Morgan fingerprint density at radius 1 is 1.45 bits per heavy atom. The maximum Gasteiger partial charge on any atom is 0.251 e. The number of nitrogens with two attached hydrogens (primary N) is 1. The highest BCUT2D eigenvalue weighted by atomic mass is 16.1. The van der Waals surface area contributed by atoms with Crippen molar-refractivity contribution in [2.24, 2.45) is 17.7 Å². The van der Waals surface area contributed by atoms with Gasteiger partial charge in [0.2, 0.25) is 0 Å². The highest BCUT2D eigenvalue weighted by molar-refractivity contribution is 5.95. The molecule has 5 nitrogen and oxygen atoms in total.